The Morgan fingerprint density at radius 3 is 2.71 bits per heavy atom. The molecule has 1 aliphatic rings. The molecule has 7 nitrogen and oxygen atoms in total. The maximum absolute atomic E-state index is 11.4. The molecule has 0 aliphatic carbocycles. The lowest BCUT2D eigenvalue weighted by molar-refractivity contribution is -0.129. The lowest BCUT2D eigenvalue weighted by Gasteiger charge is -2.33. The molecule has 1 aliphatic heterocycles. The van der Waals surface area contributed by atoms with E-state index in [0.29, 0.717) is 43.0 Å². The minimum Gasteiger partial charge on any atom is -0.339 e. The summed E-state index contributed by atoms with van der Waals surface area (Å²) < 4.78 is 0. The maximum Gasteiger partial charge on any atom is 0.247 e. The first-order valence-electron chi connectivity index (χ1n) is 7.77. The van der Waals surface area contributed by atoms with Gasteiger partial charge in [0.1, 0.15) is 0 Å². The Bertz CT molecular complexity index is 745. The molecule has 126 valence electrons. The molecular weight excluding hydrogens is 328 g/mol. The van der Waals surface area contributed by atoms with Crippen LogP contribution in [-0.4, -0.2) is 52.2 Å². The van der Waals surface area contributed by atoms with Crippen molar-refractivity contribution in [2.45, 2.75) is 13.8 Å². The van der Waals surface area contributed by atoms with E-state index in [1.165, 1.54) is 0 Å². The van der Waals surface area contributed by atoms with Crippen molar-refractivity contribution in [2.24, 2.45) is 0 Å². The number of nitrogens with one attached hydrogen (secondary N) is 1. The van der Waals surface area contributed by atoms with Gasteiger partial charge in [-0.05, 0) is 24.6 Å². The van der Waals surface area contributed by atoms with Crippen LogP contribution in [0, 0.1) is 6.92 Å². The highest BCUT2D eigenvalue weighted by Crippen LogP contribution is 2.25. The average molecular weight is 347 g/mol. The van der Waals surface area contributed by atoms with Crippen molar-refractivity contribution in [1.29, 1.82) is 0 Å². The molecule has 2 aromatic rings. The highest BCUT2D eigenvalue weighted by Gasteiger charge is 2.21. The van der Waals surface area contributed by atoms with E-state index in [1.807, 2.05) is 34.9 Å². The number of hydrogen-bond donors (Lipinski definition) is 1. The Morgan fingerprint density at radius 2 is 2.00 bits per heavy atom. The van der Waals surface area contributed by atoms with Crippen molar-refractivity contribution < 1.29 is 4.79 Å². The zero-order valence-corrected chi connectivity index (χ0v) is 14.4. The number of rotatable bonds is 3. The summed E-state index contributed by atoms with van der Waals surface area (Å²) in [6.07, 6.45) is 1.58. The van der Waals surface area contributed by atoms with Crippen molar-refractivity contribution in [3.8, 4) is 0 Å². The Labute approximate surface area is 145 Å². The molecule has 8 heteroatoms. The van der Waals surface area contributed by atoms with Gasteiger partial charge in [-0.2, -0.15) is 10.1 Å². The lowest BCUT2D eigenvalue weighted by atomic mass is 10.2. The molecule has 0 atom stereocenters. The van der Waals surface area contributed by atoms with E-state index >= 15 is 0 Å². The Kier molecular flexibility index (Phi) is 4.80. The van der Waals surface area contributed by atoms with Crippen LogP contribution in [0.25, 0.3) is 0 Å². The zero-order chi connectivity index (χ0) is 17.1. The molecule has 1 amide bonds. The summed E-state index contributed by atoms with van der Waals surface area (Å²) in [6.45, 7) is 6.27. The number of piperazine rings is 1. The Balaban J connectivity index is 1.73. The number of aromatic nitrogens is 3. The predicted molar refractivity (Wildman–Crippen MR) is 93.8 cm³/mol. The number of carbonyl (C=O) groups is 1. The van der Waals surface area contributed by atoms with Crippen molar-refractivity contribution in [2.75, 3.05) is 36.4 Å². The van der Waals surface area contributed by atoms with Crippen LogP contribution in [0.3, 0.4) is 0 Å². The maximum atomic E-state index is 11.4. The SMILES string of the molecule is CC(=O)N1CCN(c2nncc(Nc3cccc(Cl)c3C)n2)CC1. The topological polar surface area (TPSA) is 74.2 Å². The van der Waals surface area contributed by atoms with Crippen LogP contribution >= 0.6 is 11.6 Å². The fourth-order valence-electron chi connectivity index (χ4n) is 2.59. The predicted octanol–water partition coefficient (Wildman–Crippen LogP) is 2.25. The summed E-state index contributed by atoms with van der Waals surface area (Å²) in [6, 6.07) is 5.67. The Hall–Kier alpha value is -2.41. The van der Waals surface area contributed by atoms with Gasteiger partial charge in [0.15, 0.2) is 5.82 Å². The molecule has 1 fully saturated rings. The molecule has 0 spiro atoms. The number of nitrogens with zero attached hydrogens (tertiary/aromatic N) is 5. The molecule has 2 heterocycles. The number of carbonyl (C=O) groups excluding carboxylic acids is 1. The van der Waals surface area contributed by atoms with E-state index in [9.17, 15) is 4.79 Å². The van der Waals surface area contributed by atoms with Crippen LogP contribution in [0.2, 0.25) is 5.02 Å². The second-order valence-electron chi connectivity index (χ2n) is 5.67. The zero-order valence-electron chi connectivity index (χ0n) is 13.7. The van der Waals surface area contributed by atoms with Crippen LogP contribution in [-0.2, 0) is 4.79 Å². The van der Waals surface area contributed by atoms with Crippen LogP contribution in [0.4, 0.5) is 17.5 Å². The number of anilines is 3. The summed E-state index contributed by atoms with van der Waals surface area (Å²) in [4.78, 5) is 19.8. The van der Waals surface area contributed by atoms with Crippen LogP contribution < -0.4 is 10.2 Å². The lowest BCUT2D eigenvalue weighted by Crippen LogP contribution is -2.48. The summed E-state index contributed by atoms with van der Waals surface area (Å²) >= 11 is 6.14. The highest BCUT2D eigenvalue weighted by molar-refractivity contribution is 6.31. The molecule has 24 heavy (non-hydrogen) atoms. The highest BCUT2D eigenvalue weighted by atomic mass is 35.5. The number of hydrogen-bond acceptors (Lipinski definition) is 6. The number of halogens is 1. The molecule has 3 rings (SSSR count). The summed E-state index contributed by atoms with van der Waals surface area (Å²) in [5.74, 6) is 1.27. The number of benzene rings is 1. The van der Waals surface area contributed by atoms with Crippen molar-refractivity contribution in [3.05, 3.63) is 35.0 Å². The first-order valence-corrected chi connectivity index (χ1v) is 8.14. The normalized spacial score (nSPS) is 14.6. The quantitative estimate of drug-likeness (QED) is 0.918. The molecule has 0 radical (unpaired) electrons. The van der Waals surface area contributed by atoms with E-state index in [4.69, 9.17) is 11.6 Å². The van der Waals surface area contributed by atoms with E-state index in [0.717, 1.165) is 11.3 Å². The Morgan fingerprint density at radius 1 is 1.25 bits per heavy atom. The van der Waals surface area contributed by atoms with Gasteiger partial charge in [0.2, 0.25) is 11.9 Å². The molecule has 1 aromatic carbocycles. The fourth-order valence-corrected chi connectivity index (χ4v) is 2.77. The standard InChI is InChI=1S/C16H19ClN6O/c1-11-13(17)4-3-5-14(11)19-15-10-18-21-16(20-15)23-8-6-22(7-9-23)12(2)24/h3-5,10H,6-9H2,1-2H3,(H,19,20,21). The molecule has 1 N–H and O–H groups in total. The van der Waals surface area contributed by atoms with E-state index in [-0.39, 0.29) is 5.91 Å². The largest absolute Gasteiger partial charge is 0.339 e. The molecule has 1 aromatic heterocycles. The molecule has 0 saturated carbocycles. The van der Waals surface area contributed by atoms with E-state index in [1.54, 1.807) is 13.1 Å². The van der Waals surface area contributed by atoms with Crippen molar-refractivity contribution in [1.82, 2.24) is 20.1 Å². The first kappa shape index (κ1) is 16.4. The van der Waals surface area contributed by atoms with Crippen molar-refractivity contribution >= 4 is 35.0 Å². The third-order valence-corrected chi connectivity index (χ3v) is 4.50. The van der Waals surface area contributed by atoms with Gasteiger partial charge in [-0.3, -0.25) is 4.79 Å². The van der Waals surface area contributed by atoms with Gasteiger partial charge in [-0.15, -0.1) is 5.10 Å². The van der Waals surface area contributed by atoms with E-state index < -0.39 is 0 Å². The third kappa shape index (κ3) is 3.56. The molecule has 0 bridgehead atoms. The minimum atomic E-state index is 0.0977. The average Bonchev–Trinajstić information content (AvgIpc) is 2.59. The van der Waals surface area contributed by atoms with Gasteiger partial charge in [-0.1, -0.05) is 17.7 Å². The second kappa shape index (κ2) is 7.00. The number of amides is 1. The summed E-state index contributed by atoms with van der Waals surface area (Å²) in [5, 5.41) is 12.1. The van der Waals surface area contributed by atoms with Gasteiger partial charge >= 0.3 is 0 Å². The fraction of sp³-hybridized carbons (Fsp3) is 0.375. The van der Waals surface area contributed by atoms with Gasteiger partial charge in [-0.25, -0.2) is 0 Å². The minimum absolute atomic E-state index is 0.0977. The first-order chi connectivity index (χ1) is 11.5. The van der Waals surface area contributed by atoms with Gasteiger partial charge in [0, 0.05) is 43.8 Å². The van der Waals surface area contributed by atoms with Gasteiger partial charge in [0.25, 0.3) is 0 Å². The van der Waals surface area contributed by atoms with Crippen LogP contribution in [0.1, 0.15) is 12.5 Å². The van der Waals surface area contributed by atoms with Crippen LogP contribution in [0.5, 0.6) is 0 Å². The molecular formula is C16H19ClN6O. The summed E-state index contributed by atoms with van der Waals surface area (Å²) in [7, 11) is 0. The third-order valence-electron chi connectivity index (χ3n) is 4.09. The van der Waals surface area contributed by atoms with Gasteiger partial charge in [0.05, 0.1) is 6.20 Å². The summed E-state index contributed by atoms with van der Waals surface area (Å²) in [5.41, 5.74) is 1.84. The molecule has 1 saturated heterocycles. The smallest absolute Gasteiger partial charge is 0.247 e. The van der Waals surface area contributed by atoms with Crippen molar-refractivity contribution in [3.63, 3.8) is 0 Å². The molecule has 0 unspecified atom stereocenters. The van der Waals surface area contributed by atoms with Crippen LogP contribution in [0.15, 0.2) is 24.4 Å². The second-order valence-corrected chi connectivity index (χ2v) is 6.08. The van der Waals surface area contributed by atoms with Gasteiger partial charge < -0.3 is 15.1 Å². The monoisotopic (exact) mass is 346 g/mol. The van der Waals surface area contributed by atoms with E-state index in [2.05, 4.69) is 20.5 Å².